The van der Waals surface area contributed by atoms with Crippen molar-refractivity contribution in [1.29, 1.82) is 0 Å². The Morgan fingerprint density at radius 1 is 0.479 bits per heavy atom. The minimum Gasteiger partial charge on any atom is -0.376 e. The Morgan fingerprint density at radius 2 is 0.875 bits per heavy atom. The van der Waals surface area contributed by atoms with Gasteiger partial charge in [-0.2, -0.15) is 26.3 Å². The van der Waals surface area contributed by atoms with E-state index in [9.17, 15) is 52.8 Å². The quantitative estimate of drug-likeness (QED) is 0.0491. The number of H-pyrrole nitrogens is 1. The molecule has 0 unspecified atom stereocenters. The molecule has 3 aliphatic rings. The Kier molecular flexibility index (Phi) is 20.4. The van der Waals surface area contributed by atoms with Crippen molar-refractivity contribution in [2.45, 2.75) is 112 Å². The van der Waals surface area contributed by atoms with Gasteiger partial charge in [-0.1, -0.05) is 54.7 Å². The van der Waals surface area contributed by atoms with Crippen molar-refractivity contribution in [1.82, 2.24) is 52.6 Å². The van der Waals surface area contributed by atoms with Crippen LogP contribution in [0.15, 0.2) is 163 Å². The number of hydrogen-bond donors (Lipinski definition) is 6. The molecule has 0 bridgehead atoms. The molecule has 8 heterocycles. The maximum absolute atomic E-state index is 13.2. The van der Waals surface area contributed by atoms with E-state index in [0.29, 0.717) is 66.3 Å². The number of alkyl halides is 6. The molecule has 1 saturated carbocycles. The highest BCUT2D eigenvalue weighted by Crippen LogP contribution is 2.33. The molecular weight excluding hydrogens is 1290 g/mol. The smallest absolute Gasteiger partial charge is 0.376 e. The lowest BCUT2D eigenvalue weighted by Crippen LogP contribution is -2.47. The summed E-state index contributed by atoms with van der Waals surface area (Å²) in [7, 11) is -7.56. The predicted octanol–water partition coefficient (Wildman–Crippen LogP) is 11.7. The molecule has 30 heteroatoms. The average Bonchev–Trinajstić information content (AvgIpc) is 1.61. The number of aromatic amines is 1. The summed E-state index contributed by atoms with van der Waals surface area (Å²) < 4.78 is 131. The van der Waals surface area contributed by atoms with Crippen LogP contribution in [0, 0.1) is 13.8 Å². The summed E-state index contributed by atoms with van der Waals surface area (Å²) in [6.45, 7) is 5.89. The molecule has 96 heavy (non-hydrogen) atoms. The lowest BCUT2D eigenvalue weighted by Gasteiger charge is -2.33. The molecule has 13 rings (SSSR count). The molecule has 2 saturated heterocycles. The number of benzene rings is 4. The number of anilines is 5. The van der Waals surface area contributed by atoms with Crippen molar-refractivity contribution >= 4 is 93.8 Å². The summed E-state index contributed by atoms with van der Waals surface area (Å²) in [4.78, 5) is 57.9. The van der Waals surface area contributed by atoms with Crippen LogP contribution in [0.5, 0.6) is 0 Å². The Morgan fingerprint density at radius 3 is 1.30 bits per heavy atom. The molecule has 0 spiro atoms. The van der Waals surface area contributed by atoms with Gasteiger partial charge >= 0.3 is 12.4 Å². The van der Waals surface area contributed by atoms with Crippen LogP contribution in [0.3, 0.4) is 0 Å². The van der Waals surface area contributed by atoms with Gasteiger partial charge in [-0.05, 0) is 143 Å². The van der Waals surface area contributed by atoms with E-state index in [-0.39, 0.29) is 52.4 Å². The lowest BCUT2D eigenvalue weighted by molar-refractivity contribution is -0.138. The molecule has 10 aromatic rings. The van der Waals surface area contributed by atoms with E-state index in [0.717, 1.165) is 100 Å². The van der Waals surface area contributed by atoms with Gasteiger partial charge in [0.2, 0.25) is 11.8 Å². The highest BCUT2D eigenvalue weighted by molar-refractivity contribution is 7.90. The summed E-state index contributed by atoms with van der Waals surface area (Å²) in [6.07, 6.45) is 9.44. The Bertz CT molecular complexity index is 4570. The van der Waals surface area contributed by atoms with Crippen LogP contribution in [0.2, 0.25) is 0 Å². The average molecular weight is 1360 g/mol. The molecule has 2 amide bonds. The first kappa shape index (κ1) is 67.6. The maximum atomic E-state index is 13.2. The second kappa shape index (κ2) is 29.0. The van der Waals surface area contributed by atoms with Crippen LogP contribution >= 0.6 is 0 Å². The van der Waals surface area contributed by atoms with E-state index in [1.807, 2.05) is 19.9 Å². The number of rotatable bonds is 16. The van der Waals surface area contributed by atoms with Crippen molar-refractivity contribution in [2.75, 3.05) is 65.9 Å². The molecule has 2 aliphatic heterocycles. The van der Waals surface area contributed by atoms with Gasteiger partial charge in [-0.25, -0.2) is 54.7 Å². The molecule has 1 aliphatic carbocycles. The lowest BCUT2D eigenvalue weighted by atomic mass is 9.95. The molecule has 4 aromatic carbocycles. The monoisotopic (exact) mass is 1360 g/mol. The minimum absolute atomic E-state index is 0.0215. The number of hydrogen-bond acceptors (Lipinski definition) is 17. The number of carbonyl (C=O) groups is 2. The third kappa shape index (κ3) is 16.1. The highest BCUT2D eigenvalue weighted by Gasteiger charge is 2.33. The van der Waals surface area contributed by atoms with Crippen LogP contribution in [-0.4, -0.2) is 139 Å². The Balaban J connectivity index is 0.000000150. The van der Waals surface area contributed by atoms with Gasteiger partial charge in [-0.3, -0.25) is 9.59 Å². The molecule has 2 atom stereocenters. The summed E-state index contributed by atoms with van der Waals surface area (Å²) in [5.74, 6) is 1.61. The molecule has 3 fully saturated rings. The molecule has 0 radical (unpaired) electrons. The largest absolute Gasteiger partial charge is 0.416 e. The first-order chi connectivity index (χ1) is 46.0. The van der Waals surface area contributed by atoms with Crippen molar-refractivity contribution in [2.24, 2.45) is 0 Å². The zero-order valence-electron chi connectivity index (χ0n) is 52.3. The van der Waals surface area contributed by atoms with E-state index < -0.39 is 43.5 Å². The zero-order chi connectivity index (χ0) is 67.8. The third-order valence-electron chi connectivity index (χ3n) is 16.9. The second-order valence-corrected chi connectivity index (χ2v) is 27.4. The van der Waals surface area contributed by atoms with Gasteiger partial charge in [0.05, 0.1) is 50.2 Å². The Labute approximate surface area is 549 Å². The first-order valence-electron chi connectivity index (χ1n) is 31.2. The van der Waals surface area contributed by atoms with Gasteiger partial charge in [0.1, 0.15) is 42.1 Å². The van der Waals surface area contributed by atoms with E-state index in [1.54, 1.807) is 82.9 Å². The summed E-state index contributed by atoms with van der Waals surface area (Å²) in [5, 5.41) is 18.2. The van der Waals surface area contributed by atoms with Crippen molar-refractivity contribution in [3.63, 3.8) is 0 Å². The number of halogens is 6. The van der Waals surface area contributed by atoms with Crippen molar-refractivity contribution in [3.05, 3.63) is 175 Å². The molecule has 22 nitrogen and oxygen atoms in total. The number of aryl methyl sites for hydroxylation is 2. The SMILES string of the molecule is Cc1ccc(S(=O)(=O)n2ccc3c(NC4CCCCC4)ncnc32)cc1.Cc1ccc(S(=O)(=O)n2ccc3c(N[C@H]4CCCN(C(=O)CNc5ccc(C(F)(F)F)cc5)C4)ncnc32)cc1.O=C(CNc1ccc(C(F)(F)F)cc1)N1CCC[C@H](Nc2ncnc3[nH]ccc23)C1. The van der Waals surface area contributed by atoms with E-state index in [1.165, 1.54) is 72.7 Å². The normalized spacial score (nSPS) is 16.5. The van der Waals surface area contributed by atoms with Crippen LogP contribution in [0.4, 0.5) is 55.2 Å². The summed E-state index contributed by atoms with van der Waals surface area (Å²) >= 11 is 0. The van der Waals surface area contributed by atoms with E-state index in [4.69, 9.17) is 0 Å². The predicted molar refractivity (Wildman–Crippen MR) is 353 cm³/mol. The van der Waals surface area contributed by atoms with Gasteiger partial charge in [0.15, 0.2) is 11.3 Å². The number of carbonyl (C=O) groups excluding carboxylic acids is 2. The van der Waals surface area contributed by atoms with Crippen LogP contribution < -0.4 is 26.6 Å². The number of nitrogens with zero attached hydrogens (tertiary/aromatic N) is 10. The standard InChI is InChI=1S/C27H27F3N6O3S.C20H21F3N6O.C19H22N4O2S/c1-18-4-10-22(11-5-18)40(38,39)36-14-12-23-25(32-17-33-26(23)36)34-21-3-2-13-35(16-21)24(37)15-31-20-8-6-19(7-9-20)27(28,29)30;21-20(22,23)13-3-5-14(6-4-13)25-10-17(30)29-9-1-2-15(11-29)28-19-16-7-8-24-18(16)26-12-27-19;1-14-7-9-16(10-8-14)26(24,25)23-12-11-17-18(20-13-21-19(17)23)22-15-5-3-2-4-6-15/h4-12,14,17,21,31H,2-3,13,15-16H2,1H3,(H,32,33,34);3-8,12,15,25H,1-2,9-11H2,(H2,24,26,27,28);7-13,15H,2-6H2,1H3,(H,20,21,22)/t21-;15-;/m00./s1. The van der Waals surface area contributed by atoms with Crippen LogP contribution in [0.1, 0.15) is 80.0 Å². The molecule has 504 valence electrons. The van der Waals surface area contributed by atoms with Gasteiger partial charge in [-0.15, -0.1) is 0 Å². The fourth-order valence-electron chi connectivity index (χ4n) is 11.7. The van der Waals surface area contributed by atoms with Crippen molar-refractivity contribution < 1.29 is 52.8 Å². The van der Waals surface area contributed by atoms with Gasteiger partial charge in [0.25, 0.3) is 20.0 Å². The number of amides is 2. The second-order valence-electron chi connectivity index (χ2n) is 23.7. The topological polar surface area (TPSA) is 272 Å². The maximum Gasteiger partial charge on any atom is 0.416 e. The van der Waals surface area contributed by atoms with Crippen LogP contribution in [-0.2, 0) is 42.0 Å². The third-order valence-corrected chi connectivity index (χ3v) is 20.3. The zero-order valence-corrected chi connectivity index (χ0v) is 53.9. The number of nitrogens with one attached hydrogen (secondary N) is 6. The van der Waals surface area contributed by atoms with Gasteiger partial charge < -0.3 is 41.4 Å². The number of fused-ring (bicyclic) bond motifs is 3. The minimum atomic E-state index is -4.42. The van der Waals surface area contributed by atoms with Crippen molar-refractivity contribution in [3.8, 4) is 0 Å². The Hall–Kier alpha value is -9.84. The molecule has 6 aromatic heterocycles. The summed E-state index contributed by atoms with van der Waals surface area (Å²) in [6, 6.07) is 28.2. The van der Waals surface area contributed by atoms with Crippen LogP contribution in [0.25, 0.3) is 33.1 Å². The number of likely N-dealkylation sites (tertiary alicyclic amines) is 2. The number of aromatic nitrogens is 9. The summed E-state index contributed by atoms with van der Waals surface area (Å²) in [5.41, 5.74) is 2.77. The number of piperidine rings is 2. The first-order valence-corrected chi connectivity index (χ1v) is 34.1. The molecular formula is C66H70F6N16O6S2. The van der Waals surface area contributed by atoms with E-state index >= 15 is 0 Å². The van der Waals surface area contributed by atoms with Gasteiger partial charge in [0, 0.05) is 74.3 Å². The van der Waals surface area contributed by atoms with E-state index in [2.05, 4.69) is 61.5 Å². The highest BCUT2D eigenvalue weighted by atomic mass is 32.2. The molecule has 6 N–H and O–H groups in total. The fraction of sp³-hybridized carbons (Fsp3) is 0.333. The fourth-order valence-corrected chi connectivity index (χ4v) is 14.3.